The zero-order chi connectivity index (χ0) is 22.1. The average molecular weight is 566 g/mol. The summed E-state index contributed by atoms with van der Waals surface area (Å²) in [6.45, 7) is 1.71. The summed E-state index contributed by atoms with van der Waals surface area (Å²) in [6, 6.07) is 7.18. The Balaban J connectivity index is 1.76. The van der Waals surface area contributed by atoms with Crippen LogP contribution in [-0.4, -0.2) is 15.9 Å². The number of carbonyl (C=O) groups is 1. The van der Waals surface area contributed by atoms with E-state index in [1.165, 1.54) is 6.20 Å². The molecule has 2 aromatic heterocycles. The Bertz CT molecular complexity index is 1130. The normalized spacial score (nSPS) is 11.3. The van der Waals surface area contributed by atoms with Crippen LogP contribution in [0.3, 0.4) is 0 Å². The maximum atomic E-state index is 12.7. The molecule has 0 fully saturated rings. The van der Waals surface area contributed by atoms with E-state index >= 15 is 0 Å². The molecule has 5 nitrogen and oxygen atoms in total. The lowest BCUT2D eigenvalue weighted by molar-refractivity contribution is -0.137. The zero-order valence-electron chi connectivity index (χ0n) is 15.0. The fourth-order valence-electron chi connectivity index (χ4n) is 2.37. The van der Waals surface area contributed by atoms with Crippen LogP contribution in [0.2, 0.25) is 5.02 Å². The Morgan fingerprint density at radius 1 is 1.13 bits per heavy atom. The predicted octanol–water partition coefficient (Wildman–Crippen LogP) is 7.03. The number of nitrogens with one attached hydrogen (secondary N) is 1. The van der Waals surface area contributed by atoms with Crippen LogP contribution in [0.5, 0.6) is 11.6 Å². The minimum atomic E-state index is -4.55. The highest BCUT2D eigenvalue weighted by Crippen LogP contribution is 2.35. The average Bonchev–Trinajstić information content (AvgIpc) is 2.64. The molecule has 0 saturated carbocycles. The molecule has 0 aliphatic rings. The molecule has 11 heteroatoms. The first-order valence-electron chi connectivity index (χ1n) is 8.18. The second kappa shape index (κ2) is 8.91. The number of aromatic nitrogens is 2. The quantitative estimate of drug-likeness (QED) is 0.345. The van der Waals surface area contributed by atoms with Gasteiger partial charge < -0.3 is 10.1 Å². The van der Waals surface area contributed by atoms with Gasteiger partial charge in [0, 0.05) is 22.6 Å². The smallest absolute Gasteiger partial charge is 0.417 e. The summed E-state index contributed by atoms with van der Waals surface area (Å²) in [5.41, 5.74) is 0.477. The number of amides is 1. The van der Waals surface area contributed by atoms with Crippen LogP contribution in [0.1, 0.15) is 21.5 Å². The van der Waals surface area contributed by atoms with Gasteiger partial charge in [-0.15, -0.1) is 0 Å². The third-order valence-electron chi connectivity index (χ3n) is 3.84. The molecule has 0 aliphatic carbocycles. The second-order valence-corrected chi connectivity index (χ2v) is 8.11. The topological polar surface area (TPSA) is 64.1 Å². The summed E-state index contributed by atoms with van der Waals surface area (Å²) in [7, 11) is 0. The molecule has 30 heavy (non-hydrogen) atoms. The molecule has 0 radical (unpaired) electrons. The van der Waals surface area contributed by atoms with Crippen LogP contribution in [0.4, 0.5) is 18.9 Å². The lowest BCUT2D eigenvalue weighted by Gasteiger charge is -2.13. The first kappa shape index (κ1) is 22.5. The van der Waals surface area contributed by atoms with Gasteiger partial charge in [0.1, 0.15) is 15.4 Å². The third-order valence-corrected chi connectivity index (χ3v) is 5.20. The molecule has 1 aromatic carbocycles. The number of hydrogen-bond acceptors (Lipinski definition) is 4. The van der Waals surface area contributed by atoms with Crippen molar-refractivity contribution in [1.29, 1.82) is 0 Å². The molecule has 0 aliphatic heterocycles. The van der Waals surface area contributed by atoms with E-state index in [1.54, 1.807) is 31.2 Å². The second-order valence-electron chi connectivity index (χ2n) is 6.03. The van der Waals surface area contributed by atoms with Gasteiger partial charge in [-0.25, -0.2) is 9.97 Å². The van der Waals surface area contributed by atoms with Crippen LogP contribution >= 0.6 is 43.5 Å². The molecule has 2 heterocycles. The minimum absolute atomic E-state index is 0.158. The van der Waals surface area contributed by atoms with E-state index in [1.807, 2.05) is 0 Å². The number of benzene rings is 1. The Morgan fingerprint density at radius 3 is 2.47 bits per heavy atom. The van der Waals surface area contributed by atoms with Crippen LogP contribution in [0.25, 0.3) is 0 Å². The summed E-state index contributed by atoms with van der Waals surface area (Å²) in [5, 5.41) is 2.47. The van der Waals surface area contributed by atoms with Crippen molar-refractivity contribution in [2.75, 3.05) is 5.32 Å². The summed E-state index contributed by atoms with van der Waals surface area (Å²) in [6.07, 6.45) is -2.48. The van der Waals surface area contributed by atoms with Gasteiger partial charge in [0.15, 0.2) is 0 Å². The van der Waals surface area contributed by atoms with E-state index in [9.17, 15) is 18.0 Å². The lowest BCUT2D eigenvalue weighted by atomic mass is 10.2. The van der Waals surface area contributed by atoms with Crippen molar-refractivity contribution in [2.45, 2.75) is 13.1 Å². The molecule has 1 amide bonds. The largest absolute Gasteiger partial charge is 0.437 e. The van der Waals surface area contributed by atoms with Gasteiger partial charge in [0.05, 0.1) is 11.1 Å². The van der Waals surface area contributed by atoms with E-state index < -0.39 is 11.7 Å². The first-order chi connectivity index (χ1) is 14.0. The number of hydrogen-bond donors (Lipinski definition) is 1. The fraction of sp³-hybridized carbons (Fsp3) is 0.105. The lowest BCUT2D eigenvalue weighted by Crippen LogP contribution is -2.13. The van der Waals surface area contributed by atoms with Crippen LogP contribution in [-0.2, 0) is 6.18 Å². The molecule has 0 atom stereocenters. The number of nitrogens with zero attached hydrogens (tertiary/aromatic N) is 2. The number of carbonyl (C=O) groups excluding carboxylic acids is 1. The zero-order valence-corrected chi connectivity index (χ0v) is 18.9. The monoisotopic (exact) mass is 563 g/mol. The van der Waals surface area contributed by atoms with Crippen molar-refractivity contribution in [2.24, 2.45) is 0 Å². The Morgan fingerprint density at radius 2 is 1.87 bits per heavy atom. The van der Waals surface area contributed by atoms with E-state index in [0.717, 1.165) is 6.07 Å². The maximum Gasteiger partial charge on any atom is 0.417 e. The highest BCUT2D eigenvalue weighted by atomic mass is 79.9. The third kappa shape index (κ3) is 5.30. The van der Waals surface area contributed by atoms with Gasteiger partial charge in [-0.3, -0.25) is 4.79 Å². The molecule has 0 unspecified atom stereocenters. The minimum Gasteiger partial charge on any atom is -0.437 e. The molecule has 0 saturated heterocycles. The van der Waals surface area contributed by atoms with E-state index in [-0.39, 0.29) is 16.8 Å². The number of halogens is 6. The van der Waals surface area contributed by atoms with Crippen LogP contribution in [0, 0.1) is 6.92 Å². The molecule has 3 aromatic rings. The van der Waals surface area contributed by atoms with Crippen LogP contribution < -0.4 is 10.1 Å². The van der Waals surface area contributed by atoms with Gasteiger partial charge in [-0.2, -0.15) is 13.2 Å². The van der Waals surface area contributed by atoms with Gasteiger partial charge >= 0.3 is 6.18 Å². The predicted molar refractivity (Wildman–Crippen MR) is 113 cm³/mol. The number of alkyl halides is 3. The van der Waals surface area contributed by atoms with Crippen molar-refractivity contribution < 1.29 is 22.7 Å². The molecule has 1 N–H and O–H groups in total. The first-order valence-corrected chi connectivity index (χ1v) is 10.1. The van der Waals surface area contributed by atoms with Crippen molar-refractivity contribution in [1.82, 2.24) is 9.97 Å². The SMILES string of the molecule is Cc1cc(NC(=O)c2cnc(Br)cc2Br)ccc1Oc1ncc(C(F)(F)F)cc1Cl. The standard InChI is InChI=1S/C19H11Br2ClF3N3O2/c1-9-4-11(28-17(29)12-8-26-16(21)6-13(12)20)2-3-15(9)30-18-14(22)5-10(7-27-18)19(23,24)25/h2-8H,1H3,(H,28,29). The van der Waals surface area contributed by atoms with Gasteiger partial charge in [-0.1, -0.05) is 11.6 Å². The number of pyridine rings is 2. The highest BCUT2D eigenvalue weighted by molar-refractivity contribution is 9.11. The molecule has 156 valence electrons. The Kier molecular flexibility index (Phi) is 6.68. The van der Waals surface area contributed by atoms with E-state index in [2.05, 4.69) is 47.1 Å². The summed E-state index contributed by atoms with van der Waals surface area (Å²) in [4.78, 5) is 20.1. The number of rotatable bonds is 4. The van der Waals surface area contributed by atoms with Crippen LogP contribution in [0.15, 0.2) is 51.8 Å². The number of anilines is 1. The van der Waals surface area contributed by atoms with Gasteiger partial charge in [0.2, 0.25) is 5.88 Å². The number of ether oxygens (including phenoxy) is 1. The highest BCUT2D eigenvalue weighted by Gasteiger charge is 2.31. The van der Waals surface area contributed by atoms with Crippen molar-refractivity contribution in [3.05, 3.63) is 73.5 Å². The van der Waals surface area contributed by atoms with Crippen molar-refractivity contribution in [3.8, 4) is 11.6 Å². The van der Waals surface area contributed by atoms with E-state index in [0.29, 0.717) is 37.8 Å². The summed E-state index contributed by atoms with van der Waals surface area (Å²) < 4.78 is 44.9. The van der Waals surface area contributed by atoms with Crippen molar-refractivity contribution in [3.63, 3.8) is 0 Å². The molecule has 3 rings (SSSR count). The van der Waals surface area contributed by atoms with Gasteiger partial charge in [0.25, 0.3) is 5.91 Å². The Hall–Kier alpha value is -2.17. The molecular formula is C19H11Br2ClF3N3O2. The Labute approximate surface area is 190 Å². The molecule has 0 spiro atoms. The summed E-state index contributed by atoms with van der Waals surface area (Å²) in [5.74, 6) is -0.203. The summed E-state index contributed by atoms with van der Waals surface area (Å²) >= 11 is 12.4. The molecule has 0 bridgehead atoms. The molecular weight excluding hydrogens is 554 g/mol. The van der Waals surface area contributed by atoms with E-state index in [4.69, 9.17) is 16.3 Å². The maximum absolute atomic E-state index is 12.7. The fourth-order valence-corrected chi connectivity index (χ4v) is 3.72. The van der Waals surface area contributed by atoms with Gasteiger partial charge in [-0.05, 0) is 74.7 Å². The van der Waals surface area contributed by atoms with Crippen molar-refractivity contribution >= 4 is 55.1 Å². The number of aryl methyl sites for hydroxylation is 1.